The van der Waals surface area contributed by atoms with Gasteiger partial charge in [-0.25, -0.2) is 14.4 Å². The number of alkyl halides is 1. The summed E-state index contributed by atoms with van der Waals surface area (Å²) >= 11 is 3.72. The number of nitrogens with one attached hydrogen (secondary N) is 3. The molecule has 0 aliphatic heterocycles. The summed E-state index contributed by atoms with van der Waals surface area (Å²) in [5, 5.41) is 37.6. The molecule has 8 aromatic carbocycles. The van der Waals surface area contributed by atoms with Gasteiger partial charge >= 0.3 is 18.3 Å². The third-order valence-corrected chi connectivity index (χ3v) is 18.1. The van der Waals surface area contributed by atoms with E-state index in [4.69, 9.17) is 24.1 Å². The molecule has 11 rings (SSSR count). The minimum Gasteiger partial charge on any atom is -0.497 e. The van der Waals surface area contributed by atoms with E-state index in [2.05, 4.69) is 171 Å². The molecule has 7 atom stereocenters. The van der Waals surface area contributed by atoms with Crippen LogP contribution in [0.5, 0.6) is 5.75 Å². The van der Waals surface area contributed by atoms with Gasteiger partial charge in [0.25, 0.3) is 0 Å². The summed E-state index contributed by atoms with van der Waals surface area (Å²) in [7, 11) is 4.37. The van der Waals surface area contributed by atoms with Crippen LogP contribution in [0.4, 0.5) is 14.4 Å². The number of rotatable bonds is 18. The normalized spacial score (nSPS) is 14.4. The summed E-state index contributed by atoms with van der Waals surface area (Å²) in [6.07, 6.45) is -1.34. The van der Waals surface area contributed by atoms with Gasteiger partial charge in [0.15, 0.2) is 0 Å². The Bertz CT molecular complexity index is 3170. The molecule has 7 unspecified atom stereocenters. The monoisotopic (exact) mass is 1280 g/mol. The molecule has 3 aliphatic rings. The minimum atomic E-state index is -0.851. The van der Waals surface area contributed by atoms with Crippen molar-refractivity contribution in [2.45, 2.75) is 107 Å². The largest absolute Gasteiger partial charge is 0.497 e. The first-order chi connectivity index (χ1) is 43.0. The van der Waals surface area contributed by atoms with Crippen LogP contribution in [0.1, 0.15) is 121 Å². The Hall–Kier alpha value is -7.84. The van der Waals surface area contributed by atoms with Gasteiger partial charge in [-0.05, 0) is 128 Å². The second-order valence-electron chi connectivity index (χ2n) is 22.8. The maximum absolute atomic E-state index is 12.2. The van der Waals surface area contributed by atoms with E-state index in [-0.39, 0.29) is 60.6 Å². The zero-order valence-electron chi connectivity index (χ0n) is 51.6. The van der Waals surface area contributed by atoms with Crippen LogP contribution < -0.4 is 26.0 Å². The predicted molar refractivity (Wildman–Crippen MR) is 361 cm³/mol. The fraction of sp³-hybridized carbons (Fsp3) is 0.311. The van der Waals surface area contributed by atoms with Gasteiger partial charge in [0.1, 0.15) is 25.6 Å². The Morgan fingerprint density at radius 1 is 0.449 bits per heavy atom. The summed E-state index contributed by atoms with van der Waals surface area (Å²) in [4.78, 5) is 36.4. The van der Waals surface area contributed by atoms with Gasteiger partial charge in [-0.1, -0.05) is 226 Å². The van der Waals surface area contributed by atoms with Crippen LogP contribution in [-0.2, 0) is 14.2 Å². The first-order valence-electron chi connectivity index (χ1n) is 30.5. The molecule has 6 N–H and O–H groups in total. The molecular weight excluding hydrogens is 1200 g/mol. The van der Waals surface area contributed by atoms with Gasteiger partial charge in [-0.2, -0.15) is 0 Å². The Morgan fingerprint density at radius 2 is 0.730 bits per heavy atom. The third-order valence-electron chi connectivity index (χ3n) is 16.6. The number of carbonyl (C=O) groups is 3. The van der Waals surface area contributed by atoms with Crippen molar-refractivity contribution in [3.8, 4) is 39.1 Å². The van der Waals surface area contributed by atoms with Crippen LogP contribution in [0.3, 0.4) is 0 Å². The molecule has 8 aromatic rings. The van der Waals surface area contributed by atoms with Crippen molar-refractivity contribution in [3.05, 3.63) is 239 Å². The van der Waals surface area contributed by atoms with E-state index in [0.29, 0.717) is 18.9 Å². The Labute approximate surface area is 534 Å². The molecule has 0 bridgehead atoms. The number of benzene rings is 8. The number of fused-ring (bicyclic) bond motifs is 9. The number of hydrogen-bond donors (Lipinski definition) is 6. The maximum atomic E-state index is 12.2. The average molecular weight is 1290 g/mol. The maximum Gasteiger partial charge on any atom is 0.407 e. The Morgan fingerprint density at radius 3 is 1.00 bits per heavy atom. The number of ether oxygens (including phenoxy) is 4. The highest BCUT2D eigenvalue weighted by molar-refractivity contribution is 9.09. The molecule has 0 saturated heterocycles. The molecular formula is C74H83BrN3O10P. The van der Waals surface area contributed by atoms with Crippen LogP contribution in [0.2, 0.25) is 0 Å². The molecule has 0 radical (unpaired) electrons. The van der Waals surface area contributed by atoms with Crippen molar-refractivity contribution in [3.63, 3.8) is 0 Å². The summed E-state index contributed by atoms with van der Waals surface area (Å²) in [5.74, 6) is 1.43. The number of methoxy groups -OCH3 is 1. The Balaban J connectivity index is 0.000000155. The van der Waals surface area contributed by atoms with Crippen LogP contribution in [0.25, 0.3) is 33.4 Å². The number of aliphatic hydroxyl groups is 3. The zero-order chi connectivity index (χ0) is 63.6. The molecule has 0 saturated carbocycles. The van der Waals surface area contributed by atoms with Gasteiger partial charge in [0.05, 0.1) is 42.8 Å². The van der Waals surface area contributed by atoms with Gasteiger partial charge in [-0.15, -0.1) is 9.24 Å². The van der Waals surface area contributed by atoms with Crippen LogP contribution >= 0.6 is 25.2 Å². The van der Waals surface area contributed by atoms with E-state index in [9.17, 15) is 24.6 Å². The summed E-state index contributed by atoms with van der Waals surface area (Å²) < 4.78 is 21.5. The predicted octanol–water partition coefficient (Wildman–Crippen LogP) is 14.6. The van der Waals surface area contributed by atoms with Crippen molar-refractivity contribution in [1.29, 1.82) is 0 Å². The smallest absolute Gasteiger partial charge is 0.407 e. The lowest BCUT2D eigenvalue weighted by atomic mass is 9.98. The van der Waals surface area contributed by atoms with Crippen molar-refractivity contribution in [2.24, 2.45) is 5.92 Å². The number of alkyl carbamates (subject to hydrolysis) is 3. The van der Waals surface area contributed by atoms with E-state index >= 15 is 0 Å². The van der Waals surface area contributed by atoms with Crippen molar-refractivity contribution in [1.82, 2.24) is 16.0 Å². The number of hydrogen-bond acceptors (Lipinski definition) is 10. The van der Waals surface area contributed by atoms with Gasteiger partial charge in [-0.3, -0.25) is 0 Å². The van der Waals surface area contributed by atoms with E-state index in [1.807, 2.05) is 91.9 Å². The molecule has 89 heavy (non-hydrogen) atoms. The van der Waals surface area contributed by atoms with Crippen LogP contribution in [0.15, 0.2) is 194 Å². The molecule has 15 heteroatoms. The molecule has 0 spiro atoms. The van der Waals surface area contributed by atoms with Crippen LogP contribution in [0, 0.1) is 5.92 Å². The third kappa shape index (κ3) is 17.1. The topological polar surface area (TPSA) is 185 Å². The molecule has 466 valence electrons. The quantitative estimate of drug-likeness (QED) is 0.0274. The number of aliphatic hydroxyl groups excluding tert-OH is 3. The number of halogens is 1. The van der Waals surface area contributed by atoms with Crippen LogP contribution in [-0.4, -0.2) is 97.5 Å². The Kier molecular flexibility index (Phi) is 24.6. The van der Waals surface area contributed by atoms with Gasteiger partial charge in [0.2, 0.25) is 0 Å². The van der Waals surface area contributed by atoms with Crippen molar-refractivity contribution >= 4 is 48.8 Å². The lowest BCUT2D eigenvalue weighted by Gasteiger charge is -2.21. The number of amides is 3. The highest BCUT2D eigenvalue weighted by atomic mass is 79.9. The number of carbonyl (C=O) groups excluding carboxylic acids is 3. The summed E-state index contributed by atoms with van der Waals surface area (Å²) in [6, 6.07) is 65.1. The first kappa shape index (κ1) is 67.1. The molecule has 0 aromatic heterocycles. The van der Waals surface area contributed by atoms with E-state index in [1.54, 1.807) is 14.0 Å². The molecule has 0 fully saturated rings. The summed E-state index contributed by atoms with van der Waals surface area (Å²) in [6.45, 7) is 11.9. The SMILES string of the molecule is CC(O)C(CO)NC(=O)OCC1c2ccccc2-c2ccccc21.CCC(NC(=O)OCC1c2ccccc2-c2ccccc21)C(C)C.CCC(NC(=O)OCC1c2ccccc2-c2ccccc21)C(C)O.COc1ccc(C(Br)c2ccc(P)cc2)cc1. The standard InChI is InChI=1S/C21H25NO2.C20H23NO3.C19H21NO4.C14H14BrOP/c1-4-20(14(2)3)22-21(23)24-13-19-17-11-7-5-9-15(17)16-10-6-8-12-18(16)19;1-3-19(13(2)22)21-20(23)24-12-18-16-10-6-4-8-14(16)15-9-5-7-11-17(15)18;1-12(22)18(10-21)20-19(23)24-11-17-15-8-4-2-6-13(15)14-7-3-5-9-16(14)17;1-16-12-6-2-10(3-7-12)14(15)11-4-8-13(17)9-5-11/h5-12,14,19-20H,4,13H2,1-3H3,(H,22,23);4-11,13,18-19,22H,3,12H2,1-2H3,(H,21,23);2-9,12,17-18,21-22H,10-11H2,1H3,(H,20,23);2-9,14H,17H2,1H3. The summed E-state index contributed by atoms with van der Waals surface area (Å²) in [5.41, 5.74) is 16.8. The first-order valence-corrected chi connectivity index (χ1v) is 32.0. The highest BCUT2D eigenvalue weighted by Gasteiger charge is 2.32. The van der Waals surface area contributed by atoms with Gasteiger partial charge in [0, 0.05) is 23.8 Å². The van der Waals surface area contributed by atoms with Crippen molar-refractivity contribution in [2.75, 3.05) is 33.5 Å². The molecule has 13 nitrogen and oxygen atoms in total. The second-order valence-corrected chi connectivity index (χ2v) is 24.3. The van der Waals surface area contributed by atoms with E-state index in [0.717, 1.165) is 23.3 Å². The van der Waals surface area contributed by atoms with Crippen molar-refractivity contribution < 1.29 is 48.7 Å². The molecule has 3 aliphatic carbocycles. The highest BCUT2D eigenvalue weighted by Crippen LogP contribution is 2.47. The lowest BCUT2D eigenvalue weighted by Crippen LogP contribution is -2.45. The fourth-order valence-electron chi connectivity index (χ4n) is 11.6. The van der Waals surface area contributed by atoms with E-state index in [1.165, 1.54) is 79.0 Å². The zero-order valence-corrected chi connectivity index (χ0v) is 54.4. The average Bonchev–Trinajstić information content (AvgIpc) is 1.87. The molecule has 3 amide bonds. The lowest BCUT2D eigenvalue weighted by molar-refractivity contribution is 0.0872. The van der Waals surface area contributed by atoms with E-state index < -0.39 is 30.4 Å². The second kappa shape index (κ2) is 32.6. The fourth-order valence-corrected chi connectivity index (χ4v) is 12.4. The van der Waals surface area contributed by atoms with Gasteiger partial charge < -0.3 is 50.2 Å². The molecule has 0 heterocycles. The minimum absolute atomic E-state index is 0.0118.